The molecule has 0 aliphatic heterocycles. The summed E-state index contributed by atoms with van der Waals surface area (Å²) in [7, 11) is 0. The monoisotopic (exact) mass is 234 g/mol. The van der Waals surface area contributed by atoms with Gasteiger partial charge < -0.3 is 9.32 Å². The first kappa shape index (κ1) is 13.3. The first-order chi connectivity index (χ1) is 8.04. The number of aryl methyl sites for hydroxylation is 1. The van der Waals surface area contributed by atoms with Crippen LogP contribution in [0.5, 0.6) is 0 Å². The van der Waals surface area contributed by atoms with E-state index in [1.165, 1.54) is 6.26 Å². The fraction of sp³-hybridized carbons (Fsp3) is 0.538. The molecule has 0 atom stereocenters. The molecule has 1 amide bonds. The summed E-state index contributed by atoms with van der Waals surface area (Å²) >= 11 is 0. The summed E-state index contributed by atoms with van der Waals surface area (Å²) in [6.45, 7) is 7.03. The van der Waals surface area contributed by atoms with Crippen molar-refractivity contribution in [1.82, 2.24) is 4.90 Å². The molecule has 0 aliphatic carbocycles. The van der Waals surface area contributed by atoms with Gasteiger partial charge in [-0.25, -0.2) is 0 Å². The van der Waals surface area contributed by atoms with Crippen LogP contribution in [0.1, 0.15) is 36.4 Å². The molecule has 1 aromatic rings. The first-order valence-electron chi connectivity index (χ1n) is 5.76. The Morgan fingerprint density at radius 2 is 2.29 bits per heavy atom. The predicted molar refractivity (Wildman–Crippen MR) is 64.4 cm³/mol. The smallest absolute Gasteiger partial charge is 0.257 e. The molecule has 0 unspecified atom stereocenters. The van der Waals surface area contributed by atoms with Crippen molar-refractivity contribution in [2.75, 3.05) is 13.1 Å². The zero-order valence-electron chi connectivity index (χ0n) is 10.6. The molecule has 0 aromatic carbocycles. The normalized spacial score (nSPS) is 10.3. The zero-order valence-corrected chi connectivity index (χ0v) is 10.6. The number of nitriles is 1. The number of carbonyl (C=O) groups excluding carboxylic acids is 1. The summed E-state index contributed by atoms with van der Waals surface area (Å²) in [4.78, 5) is 13.9. The molecule has 0 saturated carbocycles. The van der Waals surface area contributed by atoms with E-state index in [9.17, 15) is 4.79 Å². The minimum absolute atomic E-state index is 0.0641. The number of hydrogen-bond donors (Lipinski definition) is 0. The Morgan fingerprint density at radius 3 is 2.76 bits per heavy atom. The lowest BCUT2D eigenvalue weighted by Crippen LogP contribution is -2.34. The van der Waals surface area contributed by atoms with Crippen LogP contribution in [-0.2, 0) is 0 Å². The summed E-state index contributed by atoms with van der Waals surface area (Å²) in [6, 6.07) is 3.79. The molecule has 4 heteroatoms. The van der Waals surface area contributed by atoms with Gasteiger partial charge in [0, 0.05) is 13.1 Å². The van der Waals surface area contributed by atoms with Gasteiger partial charge in [0.25, 0.3) is 5.91 Å². The van der Waals surface area contributed by atoms with E-state index in [0.29, 0.717) is 31.0 Å². The molecular weight excluding hydrogens is 216 g/mol. The van der Waals surface area contributed by atoms with Gasteiger partial charge in [-0.15, -0.1) is 0 Å². The lowest BCUT2D eigenvalue weighted by atomic mass is 10.1. The summed E-state index contributed by atoms with van der Waals surface area (Å²) < 4.78 is 5.13. The van der Waals surface area contributed by atoms with Crippen molar-refractivity contribution in [2.45, 2.75) is 27.2 Å². The fourth-order valence-electron chi connectivity index (χ4n) is 1.64. The Hall–Kier alpha value is -1.76. The van der Waals surface area contributed by atoms with Gasteiger partial charge in [-0.3, -0.25) is 4.79 Å². The highest BCUT2D eigenvalue weighted by Gasteiger charge is 2.18. The standard InChI is InChI=1S/C13H18N2O2/c1-10(2)8-15(6-4-5-14)13(16)12-7-11(3)17-9-12/h7,9-10H,4,6,8H2,1-3H3. The van der Waals surface area contributed by atoms with E-state index in [1.807, 2.05) is 13.8 Å². The second-order valence-corrected chi connectivity index (χ2v) is 4.50. The molecule has 1 rings (SSSR count). The zero-order chi connectivity index (χ0) is 12.8. The van der Waals surface area contributed by atoms with Crippen molar-refractivity contribution in [3.63, 3.8) is 0 Å². The molecule has 92 valence electrons. The van der Waals surface area contributed by atoms with Crippen molar-refractivity contribution in [1.29, 1.82) is 5.26 Å². The molecule has 17 heavy (non-hydrogen) atoms. The third-order valence-corrected chi connectivity index (χ3v) is 2.34. The largest absolute Gasteiger partial charge is 0.469 e. The van der Waals surface area contributed by atoms with Gasteiger partial charge in [-0.1, -0.05) is 13.8 Å². The predicted octanol–water partition coefficient (Wildman–Crippen LogP) is 2.60. The topological polar surface area (TPSA) is 57.2 Å². The molecular formula is C13H18N2O2. The Bertz CT molecular complexity index is 415. The van der Waals surface area contributed by atoms with Crippen molar-refractivity contribution in [3.8, 4) is 6.07 Å². The van der Waals surface area contributed by atoms with Crippen LogP contribution in [0.25, 0.3) is 0 Å². The van der Waals surface area contributed by atoms with Crippen LogP contribution >= 0.6 is 0 Å². The molecule has 0 spiro atoms. The maximum Gasteiger partial charge on any atom is 0.257 e. The van der Waals surface area contributed by atoms with E-state index in [1.54, 1.807) is 17.9 Å². The van der Waals surface area contributed by atoms with Crippen molar-refractivity contribution in [2.24, 2.45) is 5.92 Å². The second-order valence-electron chi connectivity index (χ2n) is 4.50. The first-order valence-corrected chi connectivity index (χ1v) is 5.76. The molecule has 1 heterocycles. The number of nitrogens with zero attached hydrogens (tertiary/aromatic N) is 2. The van der Waals surface area contributed by atoms with E-state index in [0.717, 1.165) is 5.76 Å². The summed E-state index contributed by atoms with van der Waals surface area (Å²) in [5, 5.41) is 8.60. The fourth-order valence-corrected chi connectivity index (χ4v) is 1.64. The highest BCUT2D eigenvalue weighted by Crippen LogP contribution is 2.11. The van der Waals surface area contributed by atoms with Gasteiger partial charge in [0.2, 0.25) is 0 Å². The number of hydrogen-bond acceptors (Lipinski definition) is 3. The molecule has 0 radical (unpaired) electrons. The van der Waals surface area contributed by atoms with Gasteiger partial charge in [0.15, 0.2) is 0 Å². The van der Waals surface area contributed by atoms with Crippen LogP contribution in [0.15, 0.2) is 16.7 Å². The van der Waals surface area contributed by atoms with Gasteiger partial charge in [-0.2, -0.15) is 5.26 Å². The van der Waals surface area contributed by atoms with Crippen molar-refractivity contribution in [3.05, 3.63) is 23.7 Å². The van der Waals surface area contributed by atoms with Crippen LogP contribution in [-0.4, -0.2) is 23.9 Å². The number of carbonyl (C=O) groups is 1. The minimum Gasteiger partial charge on any atom is -0.469 e. The summed E-state index contributed by atoms with van der Waals surface area (Å²) in [6.07, 6.45) is 1.83. The number of amides is 1. The quantitative estimate of drug-likeness (QED) is 0.786. The van der Waals surface area contributed by atoms with Gasteiger partial charge >= 0.3 is 0 Å². The Balaban J connectivity index is 2.75. The van der Waals surface area contributed by atoms with E-state index in [-0.39, 0.29) is 5.91 Å². The Labute approximate surface area is 102 Å². The third kappa shape index (κ3) is 3.95. The SMILES string of the molecule is Cc1cc(C(=O)N(CCC#N)CC(C)C)co1. The van der Waals surface area contributed by atoms with Crippen LogP contribution in [0, 0.1) is 24.2 Å². The van der Waals surface area contributed by atoms with Gasteiger partial charge in [0.1, 0.15) is 12.0 Å². The van der Waals surface area contributed by atoms with Gasteiger partial charge in [0.05, 0.1) is 18.1 Å². The second kappa shape index (κ2) is 6.09. The maximum absolute atomic E-state index is 12.2. The van der Waals surface area contributed by atoms with Crippen LogP contribution in [0.2, 0.25) is 0 Å². The van der Waals surface area contributed by atoms with E-state index < -0.39 is 0 Å². The highest BCUT2D eigenvalue weighted by molar-refractivity contribution is 5.94. The molecule has 0 saturated heterocycles. The van der Waals surface area contributed by atoms with E-state index >= 15 is 0 Å². The van der Waals surface area contributed by atoms with Gasteiger partial charge in [-0.05, 0) is 18.9 Å². The van der Waals surface area contributed by atoms with Crippen LogP contribution < -0.4 is 0 Å². The van der Waals surface area contributed by atoms with Crippen molar-refractivity contribution < 1.29 is 9.21 Å². The molecule has 4 nitrogen and oxygen atoms in total. The molecule has 0 fully saturated rings. The van der Waals surface area contributed by atoms with E-state index in [4.69, 9.17) is 9.68 Å². The van der Waals surface area contributed by atoms with E-state index in [2.05, 4.69) is 6.07 Å². The lowest BCUT2D eigenvalue weighted by molar-refractivity contribution is 0.0739. The van der Waals surface area contributed by atoms with Crippen molar-refractivity contribution >= 4 is 5.91 Å². The average molecular weight is 234 g/mol. The molecule has 1 aromatic heterocycles. The number of furan rings is 1. The average Bonchev–Trinajstić information content (AvgIpc) is 2.69. The molecule has 0 N–H and O–H groups in total. The Kier molecular flexibility index (Phi) is 4.77. The lowest BCUT2D eigenvalue weighted by Gasteiger charge is -2.22. The summed E-state index contributed by atoms with van der Waals surface area (Å²) in [5.41, 5.74) is 0.557. The molecule has 0 aliphatic rings. The minimum atomic E-state index is -0.0641. The Morgan fingerprint density at radius 1 is 1.59 bits per heavy atom. The summed E-state index contributed by atoms with van der Waals surface area (Å²) in [5.74, 6) is 1.04. The third-order valence-electron chi connectivity index (χ3n) is 2.34. The van der Waals surface area contributed by atoms with Crippen LogP contribution in [0.3, 0.4) is 0 Å². The molecule has 0 bridgehead atoms. The highest BCUT2D eigenvalue weighted by atomic mass is 16.3. The maximum atomic E-state index is 12.2. The van der Waals surface area contributed by atoms with Crippen LogP contribution in [0.4, 0.5) is 0 Å². The number of rotatable bonds is 5.